The highest BCUT2D eigenvalue weighted by atomic mass is 16.5. The molecule has 86 valence electrons. The lowest BCUT2D eigenvalue weighted by Crippen LogP contribution is -2.32. The van der Waals surface area contributed by atoms with Crippen LogP contribution in [0.15, 0.2) is 17.5 Å². The number of hydrogen-bond donors (Lipinski definition) is 1. The van der Waals surface area contributed by atoms with Gasteiger partial charge in [-0.3, -0.25) is 0 Å². The number of hydrogen-bond acceptors (Lipinski definition) is 3. The molecule has 5 nitrogen and oxygen atoms in total. The molecule has 1 aromatic heterocycles. The minimum absolute atomic E-state index is 0.0108. The van der Waals surface area contributed by atoms with Gasteiger partial charge in [-0.25, -0.2) is 9.13 Å². The average Bonchev–Trinajstić information content (AvgIpc) is 2.59. The Morgan fingerprint density at radius 1 is 1.81 bits per heavy atom. The van der Waals surface area contributed by atoms with Crippen molar-refractivity contribution in [2.24, 2.45) is 12.2 Å². The number of aryl methyl sites for hydroxylation is 1. The summed E-state index contributed by atoms with van der Waals surface area (Å²) >= 11 is 0. The summed E-state index contributed by atoms with van der Waals surface area (Å²) < 4.78 is 9.19. The normalized spacial score (nSPS) is 12.8. The maximum absolute atomic E-state index is 8.52. The second-order valence-electron chi connectivity index (χ2n) is 3.50. The van der Waals surface area contributed by atoms with Gasteiger partial charge in [0.1, 0.15) is 12.4 Å². The highest BCUT2D eigenvalue weighted by molar-refractivity contribution is 5.72. The van der Waals surface area contributed by atoms with Crippen LogP contribution in [0.5, 0.6) is 0 Å². The molecule has 1 aromatic rings. The molecule has 5 heteroatoms. The predicted octanol–water partition coefficient (Wildman–Crippen LogP) is 0.507. The number of imidazole rings is 1. The molecule has 1 heterocycles. The quantitative estimate of drug-likeness (QED) is 0.259. The minimum Gasteiger partial charge on any atom is -0.411 e. The van der Waals surface area contributed by atoms with Crippen LogP contribution in [0.3, 0.4) is 0 Å². The summed E-state index contributed by atoms with van der Waals surface area (Å²) in [4.78, 5) is 0. The van der Waals surface area contributed by atoms with Crippen LogP contribution in [0.1, 0.15) is 19.2 Å². The van der Waals surface area contributed by atoms with E-state index in [2.05, 4.69) is 11.1 Å². The van der Waals surface area contributed by atoms with Crippen LogP contribution in [-0.2, 0) is 18.5 Å². The lowest BCUT2D eigenvalue weighted by molar-refractivity contribution is -0.672. The van der Waals surface area contributed by atoms with E-state index in [1.807, 2.05) is 35.5 Å². The van der Waals surface area contributed by atoms with Gasteiger partial charge in [0.15, 0.2) is 12.9 Å². The number of aromatic nitrogens is 2. The van der Waals surface area contributed by atoms with Crippen LogP contribution in [0.2, 0.25) is 0 Å². The number of oxime groups is 1. The molecular formula is C11H16N3O2+. The molecule has 0 aromatic carbocycles. The summed E-state index contributed by atoms with van der Waals surface area (Å²) in [6.07, 6.45) is 10.8. The van der Waals surface area contributed by atoms with E-state index < -0.39 is 0 Å². The third-order valence-electron chi connectivity index (χ3n) is 2.20. The van der Waals surface area contributed by atoms with Crippen molar-refractivity contribution < 1.29 is 14.5 Å². The van der Waals surface area contributed by atoms with E-state index in [4.69, 9.17) is 16.4 Å². The molecule has 16 heavy (non-hydrogen) atoms. The van der Waals surface area contributed by atoms with Crippen molar-refractivity contribution >= 4 is 6.21 Å². The Kier molecular flexibility index (Phi) is 4.55. The molecule has 0 aliphatic rings. The van der Waals surface area contributed by atoms with Gasteiger partial charge in [-0.05, 0) is 6.92 Å². The van der Waals surface area contributed by atoms with E-state index in [1.165, 1.54) is 6.21 Å². The second kappa shape index (κ2) is 5.93. The molecule has 0 aliphatic heterocycles. The number of terminal acetylenes is 1. The first kappa shape index (κ1) is 12.3. The summed E-state index contributed by atoms with van der Waals surface area (Å²) in [5.74, 6) is 3.29. The standard InChI is InChI=1S/C11H15N3O2/c1-4-5-10(2)16-9-14-7-6-13(3)11(14)8-12-15/h1,6-8,10H,5,9H2,2-3H3/p+1. The minimum atomic E-state index is 0.0108. The molecule has 1 rings (SSSR count). The molecule has 0 radical (unpaired) electrons. The summed E-state index contributed by atoms with van der Waals surface area (Å²) in [5, 5.41) is 11.5. The van der Waals surface area contributed by atoms with Gasteiger partial charge in [-0.1, -0.05) is 5.16 Å². The fourth-order valence-corrected chi connectivity index (χ4v) is 1.29. The summed E-state index contributed by atoms with van der Waals surface area (Å²) in [7, 11) is 1.86. The molecule has 0 bridgehead atoms. The average molecular weight is 222 g/mol. The third-order valence-corrected chi connectivity index (χ3v) is 2.20. The maximum atomic E-state index is 8.52. The van der Waals surface area contributed by atoms with E-state index in [1.54, 1.807) is 0 Å². The van der Waals surface area contributed by atoms with Crippen LogP contribution in [0.25, 0.3) is 0 Å². The molecule has 1 N–H and O–H groups in total. The van der Waals surface area contributed by atoms with Gasteiger partial charge in [0.05, 0.1) is 13.2 Å². The highest BCUT2D eigenvalue weighted by Gasteiger charge is 2.13. The summed E-state index contributed by atoms with van der Waals surface area (Å²) in [6.45, 7) is 2.30. The van der Waals surface area contributed by atoms with Crippen LogP contribution in [0, 0.1) is 12.3 Å². The van der Waals surface area contributed by atoms with E-state index >= 15 is 0 Å². The van der Waals surface area contributed by atoms with E-state index in [9.17, 15) is 0 Å². The van der Waals surface area contributed by atoms with Gasteiger partial charge in [0.2, 0.25) is 0 Å². The van der Waals surface area contributed by atoms with Gasteiger partial charge in [0.25, 0.3) is 0 Å². The monoisotopic (exact) mass is 222 g/mol. The molecule has 0 aliphatic carbocycles. The fraction of sp³-hybridized carbons (Fsp3) is 0.455. The Labute approximate surface area is 95.0 Å². The Morgan fingerprint density at radius 2 is 2.56 bits per heavy atom. The van der Waals surface area contributed by atoms with Gasteiger partial charge in [-0.15, -0.1) is 12.3 Å². The van der Waals surface area contributed by atoms with E-state index in [-0.39, 0.29) is 6.10 Å². The molecule has 1 unspecified atom stereocenters. The molecule has 0 saturated heterocycles. The van der Waals surface area contributed by atoms with Crippen molar-refractivity contribution in [2.45, 2.75) is 26.2 Å². The topological polar surface area (TPSA) is 50.6 Å². The molecule has 1 atom stereocenters. The lowest BCUT2D eigenvalue weighted by atomic mass is 10.3. The molecular weight excluding hydrogens is 206 g/mol. The van der Waals surface area contributed by atoms with Crippen molar-refractivity contribution in [3.8, 4) is 12.3 Å². The highest BCUT2D eigenvalue weighted by Crippen LogP contribution is 2.00. The first-order valence-corrected chi connectivity index (χ1v) is 4.96. The van der Waals surface area contributed by atoms with Gasteiger partial charge < -0.3 is 9.94 Å². The summed E-state index contributed by atoms with van der Waals surface area (Å²) in [5.41, 5.74) is 0. The number of nitrogens with zero attached hydrogens (tertiary/aromatic N) is 3. The van der Waals surface area contributed by atoms with Crippen LogP contribution >= 0.6 is 0 Å². The zero-order chi connectivity index (χ0) is 12.0. The summed E-state index contributed by atoms with van der Waals surface area (Å²) in [6, 6.07) is 0. The van der Waals surface area contributed by atoms with Gasteiger partial charge in [0, 0.05) is 6.42 Å². The number of ether oxygens (including phenoxy) is 1. The molecule has 0 amide bonds. The Morgan fingerprint density at radius 3 is 3.19 bits per heavy atom. The Bertz CT molecular complexity index is 404. The van der Waals surface area contributed by atoms with Gasteiger partial charge in [-0.2, -0.15) is 0 Å². The van der Waals surface area contributed by atoms with Crippen molar-refractivity contribution in [1.29, 1.82) is 0 Å². The predicted molar refractivity (Wildman–Crippen MR) is 59.0 cm³/mol. The number of rotatable bonds is 5. The fourth-order valence-electron chi connectivity index (χ4n) is 1.29. The first-order valence-electron chi connectivity index (χ1n) is 4.96. The van der Waals surface area contributed by atoms with Crippen molar-refractivity contribution in [3.05, 3.63) is 18.2 Å². The van der Waals surface area contributed by atoms with E-state index in [0.29, 0.717) is 13.2 Å². The lowest BCUT2D eigenvalue weighted by Gasteiger charge is -2.07. The Balaban J connectivity index is 2.64. The van der Waals surface area contributed by atoms with Crippen LogP contribution in [-0.4, -0.2) is 22.1 Å². The SMILES string of the molecule is C#CCC(C)OCn1cc[n+](C)c1/C=N/O. The van der Waals surface area contributed by atoms with Crippen molar-refractivity contribution in [3.63, 3.8) is 0 Å². The molecule has 0 fully saturated rings. The third kappa shape index (κ3) is 3.11. The molecule has 0 spiro atoms. The maximum Gasteiger partial charge on any atom is 0.305 e. The molecule has 0 saturated carbocycles. The van der Waals surface area contributed by atoms with Crippen LogP contribution in [0.4, 0.5) is 0 Å². The Hall–Kier alpha value is -1.80. The zero-order valence-corrected chi connectivity index (χ0v) is 9.50. The first-order chi connectivity index (χ1) is 7.69. The van der Waals surface area contributed by atoms with Crippen molar-refractivity contribution in [2.75, 3.05) is 0 Å². The van der Waals surface area contributed by atoms with Gasteiger partial charge >= 0.3 is 5.82 Å². The van der Waals surface area contributed by atoms with Crippen LogP contribution < -0.4 is 4.57 Å². The van der Waals surface area contributed by atoms with Crippen molar-refractivity contribution in [1.82, 2.24) is 4.57 Å². The smallest absolute Gasteiger partial charge is 0.305 e. The van der Waals surface area contributed by atoms with E-state index in [0.717, 1.165) is 5.82 Å². The zero-order valence-electron chi connectivity index (χ0n) is 9.50. The largest absolute Gasteiger partial charge is 0.411 e. The second-order valence-corrected chi connectivity index (χ2v) is 3.50.